The van der Waals surface area contributed by atoms with Crippen LogP contribution in [0.3, 0.4) is 0 Å². The van der Waals surface area contributed by atoms with Gasteiger partial charge in [-0.2, -0.15) is 0 Å². The molecule has 0 bridgehead atoms. The molecular weight excluding hydrogens is 319 g/mol. The Morgan fingerprint density at radius 3 is 2.64 bits per heavy atom. The van der Waals surface area contributed by atoms with Crippen molar-refractivity contribution >= 4 is 0 Å². The Bertz CT molecular complexity index is 942. The molecule has 0 fully saturated rings. The highest BCUT2D eigenvalue weighted by atomic mass is 19.1. The van der Waals surface area contributed by atoms with E-state index in [1.807, 2.05) is 12.1 Å². The molecule has 1 aliphatic rings. The Morgan fingerprint density at radius 2 is 1.92 bits per heavy atom. The molecule has 4 rings (SSSR count). The van der Waals surface area contributed by atoms with E-state index in [0.29, 0.717) is 6.54 Å². The highest BCUT2D eigenvalue weighted by Gasteiger charge is 2.29. The van der Waals surface area contributed by atoms with Crippen molar-refractivity contribution in [1.29, 1.82) is 0 Å². The first-order chi connectivity index (χ1) is 12.3. The summed E-state index contributed by atoms with van der Waals surface area (Å²) in [5.74, 6) is 0.687. The van der Waals surface area contributed by atoms with Crippen molar-refractivity contribution in [3.8, 4) is 22.5 Å². The molecule has 1 unspecified atom stereocenters. The summed E-state index contributed by atoms with van der Waals surface area (Å²) in [7, 11) is 0. The van der Waals surface area contributed by atoms with Gasteiger partial charge in [0.1, 0.15) is 11.6 Å². The van der Waals surface area contributed by atoms with Crippen molar-refractivity contribution in [2.45, 2.75) is 18.9 Å². The fourth-order valence-corrected chi connectivity index (χ4v) is 3.37. The van der Waals surface area contributed by atoms with Gasteiger partial charge in [0.2, 0.25) is 0 Å². The first-order valence-electron chi connectivity index (χ1n) is 8.06. The molecule has 2 aromatic heterocycles. The third-order valence-electron chi connectivity index (χ3n) is 4.48. The zero-order valence-electron chi connectivity index (χ0n) is 13.4. The average molecular weight is 334 g/mol. The summed E-state index contributed by atoms with van der Waals surface area (Å²) >= 11 is 0. The summed E-state index contributed by atoms with van der Waals surface area (Å²) in [5, 5.41) is 3.75. The van der Waals surface area contributed by atoms with Crippen LogP contribution in [-0.4, -0.2) is 21.1 Å². The second-order valence-electron chi connectivity index (χ2n) is 5.94. The highest BCUT2D eigenvalue weighted by molar-refractivity contribution is 5.79. The van der Waals surface area contributed by atoms with E-state index in [9.17, 15) is 4.39 Å². The van der Waals surface area contributed by atoms with Gasteiger partial charge in [0.05, 0.1) is 11.4 Å². The largest absolute Gasteiger partial charge is 0.324 e. The highest BCUT2D eigenvalue weighted by Crippen LogP contribution is 2.39. The number of benzene rings is 1. The van der Waals surface area contributed by atoms with E-state index in [1.54, 1.807) is 24.5 Å². The van der Waals surface area contributed by atoms with Gasteiger partial charge in [-0.1, -0.05) is 5.11 Å². The van der Waals surface area contributed by atoms with Crippen LogP contribution in [0.1, 0.15) is 18.3 Å². The summed E-state index contributed by atoms with van der Waals surface area (Å²) in [6.45, 7) is 0.390. The molecule has 0 spiro atoms. The molecule has 1 atom stereocenters. The maximum atomic E-state index is 13.3. The molecule has 0 saturated carbocycles. The van der Waals surface area contributed by atoms with Crippen molar-refractivity contribution < 1.29 is 4.39 Å². The first kappa shape index (κ1) is 15.4. The molecular formula is C18H15FN6. The number of nitrogens with zero attached hydrogens (tertiary/aromatic N) is 6. The zero-order valence-corrected chi connectivity index (χ0v) is 13.4. The predicted molar refractivity (Wildman–Crippen MR) is 92.2 cm³/mol. The normalized spacial score (nSPS) is 15.6. The van der Waals surface area contributed by atoms with Crippen LogP contribution >= 0.6 is 0 Å². The number of hydrogen-bond donors (Lipinski definition) is 0. The summed E-state index contributed by atoms with van der Waals surface area (Å²) in [5.41, 5.74) is 12.3. The van der Waals surface area contributed by atoms with E-state index < -0.39 is 0 Å². The summed E-state index contributed by atoms with van der Waals surface area (Å²) in [4.78, 5) is 11.8. The summed E-state index contributed by atoms with van der Waals surface area (Å²) in [6, 6.07) is 10.3. The first-order valence-corrected chi connectivity index (χ1v) is 8.06. The molecule has 0 amide bonds. The van der Waals surface area contributed by atoms with Gasteiger partial charge in [0.25, 0.3) is 0 Å². The topological polar surface area (TPSA) is 79.5 Å². The van der Waals surface area contributed by atoms with Gasteiger partial charge in [-0.25, -0.2) is 9.37 Å². The summed E-state index contributed by atoms with van der Waals surface area (Å²) in [6.07, 6.45) is 5.19. The number of hydrogen-bond acceptors (Lipinski definition) is 3. The number of aryl methyl sites for hydroxylation is 1. The molecule has 0 N–H and O–H groups in total. The molecule has 0 saturated heterocycles. The van der Waals surface area contributed by atoms with Crippen LogP contribution < -0.4 is 0 Å². The fourth-order valence-electron chi connectivity index (χ4n) is 3.37. The van der Waals surface area contributed by atoms with E-state index in [2.05, 4.69) is 19.6 Å². The number of azide groups is 1. The number of aromatic nitrogens is 3. The number of pyridine rings is 1. The molecule has 1 aliphatic heterocycles. The number of imidazole rings is 1. The van der Waals surface area contributed by atoms with Crippen LogP contribution in [0, 0.1) is 5.82 Å². The number of rotatable bonds is 4. The van der Waals surface area contributed by atoms with E-state index in [4.69, 9.17) is 10.5 Å². The standard InChI is InChI=1S/C18H15FN6/c19-14-3-1-12(2-4-14)17-18(13-7-9-21-10-8-13)25-15(11-22-24-20)5-6-16(25)23-17/h1-4,7-10,15H,5-6,11H2. The average Bonchev–Trinajstić information content (AvgIpc) is 3.20. The second kappa shape index (κ2) is 6.37. The SMILES string of the molecule is [N-]=[N+]=NCC1CCc2nc(-c3ccc(F)cc3)c(-c3ccncc3)n21. The Kier molecular flexibility index (Phi) is 3.91. The molecule has 0 radical (unpaired) electrons. The monoisotopic (exact) mass is 334 g/mol. The molecule has 1 aromatic carbocycles. The Morgan fingerprint density at radius 1 is 1.16 bits per heavy atom. The second-order valence-corrected chi connectivity index (χ2v) is 5.94. The maximum Gasteiger partial charge on any atom is 0.123 e. The van der Waals surface area contributed by atoms with Crippen LogP contribution in [0.5, 0.6) is 0 Å². The molecule has 0 aliphatic carbocycles. The van der Waals surface area contributed by atoms with Crippen LogP contribution in [0.15, 0.2) is 53.9 Å². The molecule has 6 nitrogen and oxygen atoms in total. The molecule has 7 heteroatoms. The van der Waals surface area contributed by atoms with Gasteiger partial charge in [0, 0.05) is 47.4 Å². The van der Waals surface area contributed by atoms with Gasteiger partial charge < -0.3 is 4.57 Å². The Labute approximate surface area is 143 Å². The number of fused-ring (bicyclic) bond motifs is 1. The lowest BCUT2D eigenvalue weighted by Gasteiger charge is -2.15. The smallest absolute Gasteiger partial charge is 0.123 e. The van der Waals surface area contributed by atoms with Gasteiger partial charge in [-0.05, 0) is 48.4 Å². The van der Waals surface area contributed by atoms with Gasteiger partial charge in [-0.3, -0.25) is 4.98 Å². The van der Waals surface area contributed by atoms with Gasteiger partial charge >= 0.3 is 0 Å². The molecule has 3 heterocycles. The summed E-state index contributed by atoms with van der Waals surface area (Å²) < 4.78 is 15.5. The van der Waals surface area contributed by atoms with Crippen molar-refractivity contribution in [2.75, 3.05) is 6.54 Å². The van der Waals surface area contributed by atoms with E-state index in [0.717, 1.165) is 41.2 Å². The van der Waals surface area contributed by atoms with E-state index in [-0.39, 0.29) is 11.9 Å². The minimum atomic E-state index is -0.276. The van der Waals surface area contributed by atoms with Gasteiger partial charge in [0.15, 0.2) is 0 Å². The van der Waals surface area contributed by atoms with E-state index in [1.165, 1.54) is 12.1 Å². The van der Waals surface area contributed by atoms with Gasteiger partial charge in [-0.15, -0.1) is 0 Å². The minimum Gasteiger partial charge on any atom is -0.324 e. The van der Waals surface area contributed by atoms with Crippen LogP contribution in [-0.2, 0) is 6.42 Å². The Balaban J connectivity index is 1.91. The Hall–Kier alpha value is -3.18. The third-order valence-corrected chi connectivity index (χ3v) is 4.48. The van der Waals surface area contributed by atoms with Crippen molar-refractivity contribution in [1.82, 2.24) is 14.5 Å². The zero-order chi connectivity index (χ0) is 17.2. The predicted octanol–water partition coefficient (Wildman–Crippen LogP) is 4.55. The minimum absolute atomic E-state index is 0.0794. The lowest BCUT2D eigenvalue weighted by atomic mass is 10.0. The number of halogens is 1. The lowest BCUT2D eigenvalue weighted by molar-refractivity contribution is 0.543. The fraction of sp³-hybridized carbons (Fsp3) is 0.222. The van der Waals surface area contributed by atoms with Crippen LogP contribution in [0.4, 0.5) is 4.39 Å². The lowest BCUT2D eigenvalue weighted by Crippen LogP contribution is -2.08. The van der Waals surface area contributed by atoms with Crippen molar-refractivity contribution in [3.63, 3.8) is 0 Å². The molecule has 25 heavy (non-hydrogen) atoms. The third kappa shape index (κ3) is 2.75. The van der Waals surface area contributed by atoms with E-state index >= 15 is 0 Å². The van der Waals surface area contributed by atoms with Crippen LogP contribution in [0.2, 0.25) is 0 Å². The molecule has 124 valence electrons. The quantitative estimate of drug-likeness (QED) is 0.398. The van der Waals surface area contributed by atoms with Crippen molar-refractivity contribution in [2.24, 2.45) is 5.11 Å². The van der Waals surface area contributed by atoms with Crippen molar-refractivity contribution in [3.05, 3.63) is 70.9 Å². The maximum absolute atomic E-state index is 13.3. The molecule has 3 aromatic rings. The van der Waals surface area contributed by atoms with Crippen LogP contribution in [0.25, 0.3) is 33.0 Å².